The van der Waals surface area contributed by atoms with E-state index in [-0.39, 0.29) is 0 Å². The summed E-state index contributed by atoms with van der Waals surface area (Å²) in [6, 6.07) is 0. The van der Waals surface area contributed by atoms with E-state index in [2.05, 4.69) is 4.98 Å². The highest BCUT2D eigenvalue weighted by atomic mass is 35.5. The van der Waals surface area contributed by atoms with Crippen molar-refractivity contribution in [1.82, 2.24) is 4.98 Å². The highest BCUT2D eigenvalue weighted by molar-refractivity contribution is 6.29. The fourth-order valence-corrected chi connectivity index (χ4v) is 0.542. The number of nitrogens with one attached hydrogen (secondary N) is 1. The summed E-state index contributed by atoms with van der Waals surface area (Å²) in [5.74, 6) is 0. The molecule has 8 heavy (non-hydrogen) atoms. The van der Waals surface area contributed by atoms with Crippen LogP contribution in [0.2, 0.25) is 5.15 Å². The van der Waals surface area contributed by atoms with Gasteiger partial charge in [-0.05, 0) is 0 Å². The van der Waals surface area contributed by atoms with Crippen LogP contribution < -0.4 is 4.43 Å². The molecule has 0 bridgehead atoms. The van der Waals surface area contributed by atoms with Crippen LogP contribution in [0.1, 0.15) is 0 Å². The van der Waals surface area contributed by atoms with Crippen LogP contribution in [0.15, 0.2) is 18.6 Å². The minimum Gasteiger partial charge on any atom is -0.342 e. The van der Waals surface area contributed by atoms with Crippen LogP contribution in [-0.4, -0.2) is 4.98 Å². The van der Waals surface area contributed by atoms with Gasteiger partial charge in [0.05, 0.1) is 10.6 Å². The Balaban J connectivity index is 3.28. The molecule has 3 nitrogen and oxygen atoms in total. The summed E-state index contributed by atoms with van der Waals surface area (Å²) in [4.78, 5) is 12.9. The number of rotatable bonds is 0. The van der Waals surface area contributed by atoms with E-state index in [9.17, 15) is 4.91 Å². The predicted molar refractivity (Wildman–Crippen MR) is 29.2 cm³/mol. The molecular formula is C4H4ClN2O+. The third-order valence-corrected chi connectivity index (χ3v) is 0.890. The standard InChI is InChI=1S/C4H4ClN2O/c5-4-3-7(8)2-1-6-4/h1-3H,(H,6,8)/q+1. The Morgan fingerprint density at radius 3 is 2.88 bits per heavy atom. The van der Waals surface area contributed by atoms with Crippen LogP contribution in [0.5, 0.6) is 0 Å². The first-order valence-corrected chi connectivity index (χ1v) is 2.43. The molecule has 0 fully saturated rings. The first-order chi connectivity index (χ1) is 3.79. The van der Waals surface area contributed by atoms with Crippen LogP contribution >= 0.6 is 11.6 Å². The van der Waals surface area contributed by atoms with Crippen molar-refractivity contribution in [1.29, 1.82) is 0 Å². The molecular weight excluding hydrogens is 128 g/mol. The summed E-state index contributed by atoms with van der Waals surface area (Å²) in [7, 11) is 0. The molecule has 0 aliphatic carbocycles. The van der Waals surface area contributed by atoms with Gasteiger partial charge in [-0.1, -0.05) is 11.6 Å². The molecule has 0 atom stereocenters. The number of hydrogen-bond donors (Lipinski definition) is 1. The quantitative estimate of drug-likeness (QED) is 0.514. The molecule has 4 heteroatoms. The molecule has 42 valence electrons. The molecule has 0 spiro atoms. The molecule has 0 aromatic carbocycles. The monoisotopic (exact) mass is 131 g/mol. The molecule has 0 saturated carbocycles. The maximum atomic E-state index is 10.3. The largest absolute Gasteiger partial charge is 0.342 e. The number of aromatic nitrogens is 2. The van der Waals surface area contributed by atoms with E-state index in [4.69, 9.17) is 11.6 Å². The van der Waals surface area contributed by atoms with Crippen molar-refractivity contribution in [3.05, 3.63) is 28.7 Å². The fraction of sp³-hybridized carbons (Fsp3) is 0. The number of halogens is 1. The Kier molecular flexibility index (Phi) is 1.30. The van der Waals surface area contributed by atoms with E-state index >= 15 is 0 Å². The van der Waals surface area contributed by atoms with Gasteiger partial charge in [0.1, 0.15) is 0 Å². The molecule has 0 amide bonds. The summed E-state index contributed by atoms with van der Waals surface area (Å²) in [5.41, 5.74) is 0. The number of H-pyrrole nitrogens is 1. The molecule has 0 radical (unpaired) electrons. The van der Waals surface area contributed by atoms with E-state index in [0.29, 0.717) is 9.58 Å². The second-order valence-corrected chi connectivity index (χ2v) is 1.70. The highest BCUT2D eigenvalue weighted by Gasteiger charge is 1.90. The summed E-state index contributed by atoms with van der Waals surface area (Å²) < 4.78 is 0.624. The number of aromatic amines is 1. The zero-order valence-electron chi connectivity index (χ0n) is 3.97. The minimum atomic E-state index is 0.336. The first kappa shape index (κ1) is 5.31. The SMILES string of the molecule is O=[n+]1cc[nH]c(Cl)c1. The normalized spacial score (nSPS) is 9.12. The maximum Gasteiger partial charge on any atom is 0.262 e. The Morgan fingerprint density at radius 2 is 2.50 bits per heavy atom. The number of nitrogens with zero attached hydrogens (tertiary/aromatic N) is 1. The predicted octanol–water partition coefficient (Wildman–Crippen LogP) is 0.583. The van der Waals surface area contributed by atoms with Gasteiger partial charge in [0.2, 0.25) is 6.20 Å². The molecule has 1 rings (SSSR count). The molecule has 0 unspecified atom stereocenters. The van der Waals surface area contributed by atoms with Gasteiger partial charge in [0.25, 0.3) is 6.20 Å². The van der Waals surface area contributed by atoms with Crippen LogP contribution in [-0.2, 0) is 0 Å². The van der Waals surface area contributed by atoms with E-state index in [1.165, 1.54) is 18.6 Å². The Morgan fingerprint density at radius 1 is 1.75 bits per heavy atom. The maximum absolute atomic E-state index is 10.3. The third-order valence-electron chi connectivity index (χ3n) is 0.683. The average Bonchev–Trinajstić information content (AvgIpc) is 1.64. The van der Waals surface area contributed by atoms with Crippen molar-refractivity contribution in [3.63, 3.8) is 0 Å². The molecule has 0 aliphatic heterocycles. The summed E-state index contributed by atoms with van der Waals surface area (Å²) in [5, 5.41) is 0.336. The van der Waals surface area contributed by atoms with Gasteiger partial charge < -0.3 is 4.98 Å². The zero-order chi connectivity index (χ0) is 5.98. The van der Waals surface area contributed by atoms with Crippen molar-refractivity contribution in [2.75, 3.05) is 0 Å². The lowest BCUT2D eigenvalue weighted by atomic mass is 10.8. The Hall–Kier alpha value is -0.830. The molecule has 0 aliphatic rings. The summed E-state index contributed by atoms with van der Waals surface area (Å²) in [6.45, 7) is 0. The van der Waals surface area contributed by atoms with Crippen LogP contribution in [0.3, 0.4) is 0 Å². The Bertz CT molecular complexity index is 231. The lowest BCUT2D eigenvalue weighted by Gasteiger charge is -1.75. The van der Waals surface area contributed by atoms with E-state index in [1.807, 2.05) is 0 Å². The first-order valence-electron chi connectivity index (χ1n) is 2.05. The molecule has 1 N–H and O–H groups in total. The van der Waals surface area contributed by atoms with Crippen LogP contribution in [0.4, 0.5) is 0 Å². The van der Waals surface area contributed by atoms with Gasteiger partial charge >= 0.3 is 0 Å². The Labute approximate surface area is 50.5 Å². The second-order valence-electron chi connectivity index (χ2n) is 1.30. The second kappa shape index (κ2) is 1.96. The van der Waals surface area contributed by atoms with Gasteiger partial charge in [0, 0.05) is 4.91 Å². The fourth-order valence-electron chi connectivity index (χ4n) is 0.382. The molecule has 1 aromatic heterocycles. The lowest BCUT2D eigenvalue weighted by molar-refractivity contribution is -0.495. The smallest absolute Gasteiger partial charge is 0.262 e. The highest BCUT2D eigenvalue weighted by Crippen LogP contribution is 1.93. The average molecular weight is 132 g/mol. The van der Waals surface area contributed by atoms with E-state index in [1.54, 1.807) is 0 Å². The summed E-state index contributed by atoms with van der Waals surface area (Å²) in [6.07, 6.45) is 4.03. The van der Waals surface area contributed by atoms with Gasteiger partial charge in [-0.15, -0.1) is 0 Å². The van der Waals surface area contributed by atoms with Crippen molar-refractivity contribution < 1.29 is 4.43 Å². The zero-order valence-corrected chi connectivity index (χ0v) is 4.72. The van der Waals surface area contributed by atoms with Crippen molar-refractivity contribution in [3.8, 4) is 0 Å². The van der Waals surface area contributed by atoms with Gasteiger partial charge in [-0.25, -0.2) is 0 Å². The van der Waals surface area contributed by atoms with Gasteiger partial charge in [-0.3, -0.25) is 0 Å². The van der Waals surface area contributed by atoms with Crippen molar-refractivity contribution in [2.24, 2.45) is 0 Å². The lowest BCUT2D eigenvalue weighted by Crippen LogP contribution is -2.10. The van der Waals surface area contributed by atoms with E-state index < -0.39 is 0 Å². The van der Waals surface area contributed by atoms with Crippen molar-refractivity contribution in [2.45, 2.75) is 0 Å². The van der Waals surface area contributed by atoms with Crippen LogP contribution in [0.25, 0.3) is 0 Å². The molecule has 1 aromatic rings. The molecule has 0 saturated heterocycles. The van der Waals surface area contributed by atoms with Crippen molar-refractivity contribution >= 4 is 11.6 Å². The number of hydrogen-bond acceptors (Lipinski definition) is 1. The topological polar surface area (TPSA) is 38.8 Å². The minimum absolute atomic E-state index is 0.336. The van der Waals surface area contributed by atoms with E-state index in [0.717, 1.165) is 0 Å². The molecule has 1 heterocycles. The summed E-state index contributed by atoms with van der Waals surface area (Å²) >= 11 is 5.37. The van der Waals surface area contributed by atoms with Crippen LogP contribution in [0, 0.1) is 4.91 Å². The van der Waals surface area contributed by atoms with Gasteiger partial charge in [-0.2, -0.15) is 0 Å². The van der Waals surface area contributed by atoms with Gasteiger partial charge in [0.15, 0.2) is 5.15 Å². The third kappa shape index (κ3) is 1.07.